The van der Waals surface area contributed by atoms with Crippen molar-refractivity contribution in [2.75, 3.05) is 50.7 Å². The van der Waals surface area contributed by atoms with E-state index in [1.54, 1.807) is 0 Å². The maximum atomic E-state index is 12.6. The molecule has 2 aliphatic rings. The molecule has 0 bridgehead atoms. The molecule has 2 fully saturated rings. The van der Waals surface area contributed by atoms with Crippen LogP contribution in [0.2, 0.25) is 0 Å². The van der Waals surface area contributed by atoms with E-state index in [2.05, 4.69) is 41.0 Å². The molecule has 1 amide bonds. The number of aliphatic carboxylic acids is 1. The summed E-state index contributed by atoms with van der Waals surface area (Å²) in [5.74, 6) is -0.180. The zero-order valence-corrected chi connectivity index (χ0v) is 17.0. The Morgan fingerprint density at radius 1 is 1.11 bits per heavy atom. The Balaban J connectivity index is 1.39. The number of benzene rings is 1. The van der Waals surface area contributed by atoms with Crippen LogP contribution >= 0.6 is 0 Å². The van der Waals surface area contributed by atoms with Gasteiger partial charge in [-0.05, 0) is 49.8 Å². The van der Waals surface area contributed by atoms with Gasteiger partial charge in [0.15, 0.2) is 0 Å². The molecule has 28 heavy (non-hydrogen) atoms. The van der Waals surface area contributed by atoms with Crippen LogP contribution in [0.3, 0.4) is 0 Å². The van der Waals surface area contributed by atoms with Crippen molar-refractivity contribution in [2.24, 2.45) is 5.92 Å². The van der Waals surface area contributed by atoms with Crippen LogP contribution in [0.1, 0.15) is 37.7 Å². The van der Waals surface area contributed by atoms with Crippen molar-refractivity contribution in [1.82, 2.24) is 9.80 Å². The first kappa shape index (κ1) is 20.6. The van der Waals surface area contributed by atoms with E-state index in [0.717, 1.165) is 58.7 Å². The number of carbonyl (C=O) groups is 2. The number of anilines is 1. The Morgan fingerprint density at radius 2 is 1.89 bits per heavy atom. The highest BCUT2D eigenvalue weighted by Crippen LogP contribution is 2.22. The molecule has 2 aliphatic heterocycles. The lowest BCUT2D eigenvalue weighted by molar-refractivity contribution is -0.137. The van der Waals surface area contributed by atoms with Crippen LogP contribution < -0.4 is 4.90 Å². The van der Waals surface area contributed by atoms with Crippen LogP contribution in [-0.2, 0) is 9.59 Å². The number of amides is 1. The lowest BCUT2D eigenvalue weighted by Crippen LogP contribution is -2.48. The number of nitrogens with zero attached hydrogens (tertiary/aromatic N) is 3. The van der Waals surface area contributed by atoms with Crippen molar-refractivity contribution in [3.63, 3.8) is 0 Å². The van der Waals surface area contributed by atoms with Crippen LogP contribution in [0.4, 0.5) is 5.69 Å². The molecule has 0 saturated carbocycles. The number of likely N-dealkylation sites (tertiary alicyclic amines) is 1. The second-order valence-electron chi connectivity index (χ2n) is 8.20. The fourth-order valence-corrected chi connectivity index (χ4v) is 4.32. The standard InChI is InChI=1S/C22H33N3O3/c1-18-4-2-6-20(16-18)24-14-12-23(13-15-24)11-9-21(26)25-10-3-5-19(17-25)7-8-22(27)28/h2,4,6,16,19H,3,5,7-15,17H2,1H3,(H,27,28). The minimum Gasteiger partial charge on any atom is -0.481 e. The summed E-state index contributed by atoms with van der Waals surface area (Å²) in [6.07, 6.45) is 3.48. The number of carboxylic acid groups (broad SMARTS) is 1. The number of piperazine rings is 1. The molecule has 1 N–H and O–H groups in total. The summed E-state index contributed by atoms with van der Waals surface area (Å²) < 4.78 is 0. The van der Waals surface area contributed by atoms with Crippen molar-refractivity contribution in [1.29, 1.82) is 0 Å². The number of hydrogen-bond acceptors (Lipinski definition) is 4. The van der Waals surface area contributed by atoms with Gasteiger partial charge in [-0.15, -0.1) is 0 Å². The molecule has 0 aliphatic carbocycles. The molecular weight excluding hydrogens is 354 g/mol. The molecule has 1 aromatic carbocycles. The van der Waals surface area contributed by atoms with E-state index in [0.29, 0.717) is 18.8 Å². The first-order valence-electron chi connectivity index (χ1n) is 10.5. The van der Waals surface area contributed by atoms with Crippen LogP contribution in [-0.4, -0.2) is 72.6 Å². The zero-order valence-electron chi connectivity index (χ0n) is 17.0. The molecular formula is C22H33N3O3. The Bertz CT molecular complexity index is 671. The molecule has 2 saturated heterocycles. The molecule has 3 rings (SSSR count). The maximum Gasteiger partial charge on any atom is 0.303 e. The lowest BCUT2D eigenvalue weighted by Gasteiger charge is -2.37. The van der Waals surface area contributed by atoms with E-state index in [9.17, 15) is 9.59 Å². The molecule has 0 aromatic heterocycles. The summed E-state index contributed by atoms with van der Waals surface area (Å²) >= 11 is 0. The number of piperidine rings is 1. The third-order valence-corrected chi connectivity index (χ3v) is 6.02. The molecule has 1 unspecified atom stereocenters. The van der Waals surface area contributed by atoms with Gasteiger partial charge in [-0.25, -0.2) is 0 Å². The molecule has 1 aromatic rings. The van der Waals surface area contributed by atoms with Gasteiger partial charge in [-0.2, -0.15) is 0 Å². The van der Waals surface area contributed by atoms with Gasteiger partial charge in [-0.1, -0.05) is 12.1 Å². The zero-order chi connectivity index (χ0) is 19.9. The fourth-order valence-electron chi connectivity index (χ4n) is 4.32. The van der Waals surface area contributed by atoms with Crippen LogP contribution in [0.25, 0.3) is 0 Å². The topological polar surface area (TPSA) is 64.1 Å². The third-order valence-electron chi connectivity index (χ3n) is 6.02. The number of aryl methyl sites for hydroxylation is 1. The summed E-state index contributed by atoms with van der Waals surface area (Å²) in [6.45, 7) is 8.47. The van der Waals surface area contributed by atoms with Gasteiger partial charge in [-0.3, -0.25) is 14.5 Å². The molecule has 2 heterocycles. The summed E-state index contributed by atoms with van der Waals surface area (Å²) in [4.78, 5) is 30.2. The van der Waals surface area contributed by atoms with Crippen LogP contribution in [0.5, 0.6) is 0 Å². The Kier molecular flexibility index (Phi) is 7.31. The summed E-state index contributed by atoms with van der Waals surface area (Å²) in [7, 11) is 0. The molecule has 0 radical (unpaired) electrons. The predicted molar refractivity (Wildman–Crippen MR) is 111 cm³/mol. The van der Waals surface area contributed by atoms with Crippen molar-refractivity contribution in [3.8, 4) is 0 Å². The van der Waals surface area contributed by atoms with Crippen LogP contribution in [0, 0.1) is 12.8 Å². The largest absolute Gasteiger partial charge is 0.481 e. The lowest BCUT2D eigenvalue weighted by atomic mass is 9.93. The van der Waals surface area contributed by atoms with E-state index >= 15 is 0 Å². The van der Waals surface area contributed by atoms with E-state index in [4.69, 9.17) is 5.11 Å². The molecule has 6 heteroatoms. The normalized spacial score (nSPS) is 21.0. The Morgan fingerprint density at radius 3 is 2.61 bits per heavy atom. The average molecular weight is 388 g/mol. The second kappa shape index (κ2) is 9.92. The Labute approximate surface area is 168 Å². The van der Waals surface area contributed by atoms with Gasteiger partial charge in [0.05, 0.1) is 0 Å². The highest BCUT2D eigenvalue weighted by atomic mass is 16.4. The minimum atomic E-state index is -0.742. The van der Waals surface area contributed by atoms with Gasteiger partial charge >= 0.3 is 5.97 Å². The van der Waals surface area contributed by atoms with E-state index in [1.165, 1.54) is 11.3 Å². The Hall–Kier alpha value is -2.08. The highest BCUT2D eigenvalue weighted by Gasteiger charge is 2.25. The smallest absolute Gasteiger partial charge is 0.303 e. The molecule has 1 atom stereocenters. The predicted octanol–water partition coefficient (Wildman–Crippen LogP) is 2.61. The average Bonchev–Trinajstić information content (AvgIpc) is 2.71. The number of carboxylic acids is 1. The van der Waals surface area contributed by atoms with Crippen molar-refractivity contribution < 1.29 is 14.7 Å². The van der Waals surface area contributed by atoms with E-state index in [-0.39, 0.29) is 12.3 Å². The van der Waals surface area contributed by atoms with Gasteiger partial charge in [0.1, 0.15) is 0 Å². The monoisotopic (exact) mass is 387 g/mol. The third kappa shape index (κ3) is 5.96. The molecule has 6 nitrogen and oxygen atoms in total. The van der Waals surface area contributed by atoms with Gasteiger partial charge in [0.25, 0.3) is 0 Å². The quantitative estimate of drug-likeness (QED) is 0.779. The summed E-state index contributed by atoms with van der Waals surface area (Å²) in [6, 6.07) is 8.63. The number of rotatable bonds is 7. The van der Waals surface area contributed by atoms with Crippen molar-refractivity contribution in [3.05, 3.63) is 29.8 Å². The summed E-state index contributed by atoms with van der Waals surface area (Å²) in [5, 5.41) is 8.86. The fraction of sp³-hybridized carbons (Fsp3) is 0.636. The first-order chi connectivity index (χ1) is 13.5. The molecule has 0 spiro atoms. The van der Waals surface area contributed by atoms with E-state index in [1.807, 2.05) is 4.90 Å². The maximum absolute atomic E-state index is 12.6. The van der Waals surface area contributed by atoms with Gasteiger partial charge in [0.2, 0.25) is 5.91 Å². The number of hydrogen-bond donors (Lipinski definition) is 1. The van der Waals surface area contributed by atoms with Crippen molar-refractivity contribution >= 4 is 17.6 Å². The van der Waals surface area contributed by atoms with E-state index < -0.39 is 5.97 Å². The SMILES string of the molecule is Cc1cccc(N2CCN(CCC(=O)N3CCCC(CCC(=O)O)C3)CC2)c1. The van der Waals surface area contributed by atoms with Crippen LogP contribution in [0.15, 0.2) is 24.3 Å². The highest BCUT2D eigenvalue weighted by molar-refractivity contribution is 5.76. The second-order valence-corrected chi connectivity index (χ2v) is 8.20. The molecule has 154 valence electrons. The van der Waals surface area contributed by atoms with Gasteiger partial charge < -0.3 is 14.9 Å². The van der Waals surface area contributed by atoms with Crippen molar-refractivity contribution in [2.45, 2.75) is 39.0 Å². The minimum absolute atomic E-state index is 0.206. The summed E-state index contributed by atoms with van der Waals surface area (Å²) in [5.41, 5.74) is 2.57. The first-order valence-corrected chi connectivity index (χ1v) is 10.5. The van der Waals surface area contributed by atoms with Gasteiger partial charge in [0, 0.05) is 64.3 Å². The number of carbonyl (C=O) groups excluding carboxylic acids is 1.